The van der Waals surface area contributed by atoms with Crippen molar-refractivity contribution in [3.05, 3.63) is 0 Å². The van der Waals surface area contributed by atoms with Crippen LogP contribution in [0.4, 0.5) is 0 Å². The lowest BCUT2D eigenvalue weighted by Crippen LogP contribution is -2.53. The van der Waals surface area contributed by atoms with Crippen LogP contribution >= 0.6 is 0 Å². The van der Waals surface area contributed by atoms with Crippen molar-refractivity contribution in [1.82, 2.24) is 10.2 Å². The molecule has 1 heterocycles. The van der Waals surface area contributed by atoms with Crippen molar-refractivity contribution in [2.24, 2.45) is 17.8 Å². The van der Waals surface area contributed by atoms with E-state index in [1.807, 2.05) is 0 Å². The van der Waals surface area contributed by atoms with E-state index in [4.69, 9.17) is 0 Å². The third kappa shape index (κ3) is 3.22. The number of likely N-dealkylation sites (tertiary alicyclic amines) is 1. The number of nitrogens with one attached hydrogen (secondary N) is 1. The summed E-state index contributed by atoms with van der Waals surface area (Å²) in [5.74, 6) is 2.77. The van der Waals surface area contributed by atoms with Gasteiger partial charge in [-0.15, -0.1) is 0 Å². The van der Waals surface area contributed by atoms with E-state index in [-0.39, 0.29) is 0 Å². The average Bonchev–Trinajstić information content (AvgIpc) is 3.02. The van der Waals surface area contributed by atoms with Gasteiger partial charge in [0.05, 0.1) is 0 Å². The number of hydrogen-bond donors (Lipinski definition) is 1. The SMILES string of the molecule is CC(C)CNCC1CCC1N1CCCC1C1CCCC1. The van der Waals surface area contributed by atoms with Crippen molar-refractivity contribution >= 4 is 0 Å². The highest BCUT2D eigenvalue weighted by Crippen LogP contribution is 2.41. The summed E-state index contributed by atoms with van der Waals surface area (Å²) in [7, 11) is 0. The molecule has 1 N–H and O–H groups in total. The van der Waals surface area contributed by atoms with Crippen LogP contribution in [0.5, 0.6) is 0 Å². The molecule has 0 aromatic heterocycles. The maximum Gasteiger partial charge on any atom is 0.0139 e. The highest BCUT2D eigenvalue weighted by Gasteiger charge is 2.42. The first kappa shape index (κ1) is 14.8. The summed E-state index contributed by atoms with van der Waals surface area (Å²) in [6, 6.07) is 1.87. The van der Waals surface area contributed by atoms with Crippen LogP contribution in [0.2, 0.25) is 0 Å². The summed E-state index contributed by atoms with van der Waals surface area (Å²) in [6.45, 7) is 8.46. The van der Waals surface area contributed by atoms with Gasteiger partial charge in [0.15, 0.2) is 0 Å². The van der Waals surface area contributed by atoms with Gasteiger partial charge in [0.1, 0.15) is 0 Å². The minimum absolute atomic E-state index is 0.784. The predicted molar refractivity (Wildman–Crippen MR) is 85.9 cm³/mol. The van der Waals surface area contributed by atoms with E-state index >= 15 is 0 Å². The van der Waals surface area contributed by atoms with Crippen LogP contribution in [0, 0.1) is 17.8 Å². The largest absolute Gasteiger partial charge is 0.316 e. The van der Waals surface area contributed by atoms with Crippen molar-refractivity contribution in [3.8, 4) is 0 Å². The molecule has 116 valence electrons. The third-order valence-electron chi connectivity index (χ3n) is 6.05. The molecule has 0 aromatic carbocycles. The fraction of sp³-hybridized carbons (Fsp3) is 1.00. The van der Waals surface area contributed by atoms with Gasteiger partial charge in [-0.2, -0.15) is 0 Å². The van der Waals surface area contributed by atoms with Gasteiger partial charge < -0.3 is 5.32 Å². The van der Waals surface area contributed by atoms with E-state index in [0.29, 0.717) is 0 Å². The lowest BCUT2D eigenvalue weighted by Gasteiger charge is -2.47. The minimum atomic E-state index is 0.784. The summed E-state index contributed by atoms with van der Waals surface area (Å²) in [4.78, 5) is 2.95. The molecule has 2 aliphatic carbocycles. The zero-order valence-electron chi connectivity index (χ0n) is 13.6. The van der Waals surface area contributed by atoms with E-state index in [9.17, 15) is 0 Å². The van der Waals surface area contributed by atoms with Crippen LogP contribution in [0.25, 0.3) is 0 Å². The zero-order chi connectivity index (χ0) is 13.9. The summed E-state index contributed by atoms with van der Waals surface area (Å²) in [5.41, 5.74) is 0. The van der Waals surface area contributed by atoms with Gasteiger partial charge in [0.25, 0.3) is 0 Å². The Morgan fingerprint density at radius 2 is 1.75 bits per heavy atom. The molecule has 3 aliphatic rings. The Kier molecular flexibility index (Phi) is 5.04. The standard InChI is InChI=1S/C18H34N2/c1-14(2)12-19-13-16-9-10-18(16)20-11-5-8-17(20)15-6-3-4-7-15/h14-19H,3-13H2,1-2H3. The molecular weight excluding hydrogens is 244 g/mol. The monoisotopic (exact) mass is 278 g/mol. The lowest BCUT2D eigenvalue weighted by atomic mass is 9.77. The molecule has 1 saturated heterocycles. The maximum absolute atomic E-state index is 3.70. The Morgan fingerprint density at radius 1 is 0.950 bits per heavy atom. The van der Waals surface area contributed by atoms with E-state index < -0.39 is 0 Å². The number of rotatable bonds is 6. The summed E-state index contributed by atoms with van der Waals surface area (Å²) >= 11 is 0. The molecule has 2 saturated carbocycles. The third-order valence-corrected chi connectivity index (χ3v) is 6.05. The summed E-state index contributed by atoms with van der Waals surface area (Å²) in [5, 5.41) is 3.70. The molecule has 3 fully saturated rings. The first-order valence-electron chi connectivity index (χ1n) is 9.22. The minimum Gasteiger partial charge on any atom is -0.316 e. The molecular formula is C18H34N2. The molecule has 0 aromatic rings. The molecule has 1 aliphatic heterocycles. The van der Waals surface area contributed by atoms with Gasteiger partial charge in [0.2, 0.25) is 0 Å². The van der Waals surface area contributed by atoms with Crippen LogP contribution in [-0.4, -0.2) is 36.6 Å². The Labute approximate surface area is 125 Å². The second-order valence-electron chi connectivity index (χ2n) is 7.95. The van der Waals surface area contributed by atoms with E-state index in [2.05, 4.69) is 24.1 Å². The van der Waals surface area contributed by atoms with Crippen molar-refractivity contribution in [2.45, 2.75) is 77.3 Å². The van der Waals surface area contributed by atoms with E-state index in [1.165, 1.54) is 71.0 Å². The zero-order valence-corrected chi connectivity index (χ0v) is 13.6. The molecule has 3 rings (SSSR count). The number of hydrogen-bond acceptors (Lipinski definition) is 2. The molecule has 0 amide bonds. The van der Waals surface area contributed by atoms with Gasteiger partial charge in [-0.05, 0) is 75.9 Å². The van der Waals surface area contributed by atoms with Crippen LogP contribution in [0.1, 0.15) is 65.2 Å². The molecule has 3 unspecified atom stereocenters. The quantitative estimate of drug-likeness (QED) is 0.797. The normalized spacial score (nSPS) is 35.9. The van der Waals surface area contributed by atoms with Gasteiger partial charge in [-0.25, -0.2) is 0 Å². The highest BCUT2D eigenvalue weighted by molar-refractivity contribution is 4.97. The molecule has 0 spiro atoms. The van der Waals surface area contributed by atoms with Crippen molar-refractivity contribution in [3.63, 3.8) is 0 Å². The summed E-state index contributed by atoms with van der Waals surface area (Å²) in [6.07, 6.45) is 11.9. The molecule has 0 radical (unpaired) electrons. The van der Waals surface area contributed by atoms with Gasteiger partial charge >= 0.3 is 0 Å². The fourth-order valence-corrected chi connectivity index (χ4v) is 4.86. The van der Waals surface area contributed by atoms with Crippen molar-refractivity contribution in [1.29, 1.82) is 0 Å². The first-order chi connectivity index (χ1) is 9.75. The van der Waals surface area contributed by atoms with E-state index in [0.717, 1.165) is 29.8 Å². The van der Waals surface area contributed by atoms with Gasteiger partial charge in [-0.1, -0.05) is 26.7 Å². The Hall–Kier alpha value is -0.0800. The Morgan fingerprint density at radius 3 is 2.40 bits per heavy atom. The molecule has 3 atom stereocenters. The second kappa shape index (κ2) is 6.79. The van der Waals surface area contributed by atoms with E-state index in [1.54, 1.807) is 0 Å². The Bertz CT molecular complexity index is 296. The van der Waals surface area contributed by atoms with Gasteiger partial charge in [-0.3, -0.25) is 4.90 Å². The molecule has 2 nitrogen and oxygen atoms in total. The van der Waals surface area contributed by atoms with Crippen LogP contribution in [0.15, 0.2) is 0 Å². The van der Waals surface area contributed by atoms with Crippen molar-refractivity contribution in [2.75, 3.05) is 19.6 Å². The average molecular weight is 278 g/mol. The highest BCUT2D eigenvalue weighted by atomic mass is 15.2. The molecule has 0 bridgehead atoms. The number of nitrogens with zero attached hydrogens (tertiary/aromatic N) is 1. The van der Waals surface area contributed by atoms with Crippen LogP contribution in [-0.2, 0) is 0 Å². The van der Waals surface area contributed by atoms with Crippen molar-refractivity contribution < 1.29 is 0 Å². The van der Waals surface area contributed by atoms with Crippen LogP contribution in [0.3, 0.4) is 0 Å². The smallest absolute Gasteiger partial charge is 0.0139 e. The fourth-order valence-electron chi connectivity index (χ4n) is 4.86. The topological polar surface area (TPSA) is 15.3 Å². The van der Waals surface area contributed by atoms with Gasteiger partial charge in [0, 0.05) is 12.1 Å². The summed E-state index contributed by atoms with van der Waals surface area (Å²) < 4.78 is 0. The maximum atomic E-state index is 3.70. The first-order valence-corrected chi connectivity index (χ1v) is 9.22. The predicted octanol–water partition coefficient (Wildman–Crippen LogP) is 3.67. The lowest BCUT2D eigenvalue weighted by molar-refractivity contribution is 0.0328. The molecule has 2 heteroatoms. The Balaban J connectivity index is 1.49. The molecule has 20 heavy (non-hydrogen) atoms. The van der Waals surface area contributed by atoms with Crippen LogP contribution < -0.4 is 5.32 Å². The second-order valence-corrected chi connectivity index (χ2v) is 7.95.